The first-order valence-electron chi connectivity index (χ1n) is 13.2. The Labute approximate surface area is 238 Å². The fraction of sp³-hybridized carbons (Fsp3) is 0.414. The number of nitrogens with one attached hydrogen (secondary N) is 3. The molecule has 0 spiro atoms. The number of nitrogens with zero attached hydrogens (tertiary/aromatic N) is 3. The third-order valence-corrected chi connectivity index (χ3v) is 7.48. The SMILES string of the molecule is COc1cc(N)c(C=N)c(C(=N)SC(=N)Cc2cn3cc(CN(CC4CCC4)C(=O)OC(C)(C)C)ccc3n2)c1. The summed E-state index contributed by atoms with van der Waals surface area (Å²) in [4.78, 5) is 19.4. The van der Waals surface area contributed by atoms with Crippen molar-refractivity contribution in [2.24, 2.45) is 5.92 Å². The molecule has 4 rings (SSSR count). The lowest BCUT2D eigenvalue weighted by Crippen LogP contribution is -2.40. The molecule has 1 amide bonds. The number of ether oxygens (including phenoxy) is 2. The van der Waals surface area contributed by atoms with Gasteiger partial charge in [0.25, 0.3) is 0 Å². The zero-order valence-corrected chi connectivity index (χ0v) is 24.2. The van der Waals surface area contributed by atoms with Crippen molar-refractivity contribution in [1.29, 1.82) is 16.2 Å². The average Bonchev–Trinajstić information content (AvgIpc) is 3.24. The second-order valence-electron chi connectivity index (χ2n) is 11.0. The Morgan fingerprint density at radius 3 is 2.62 bits per heavy atom. The predicted molar refractivity (Wildman–Crippen MR) is 160 cm³/mol. The molecule has 0 bridgehead atoms. The highest BCUT2D eigenvalue weighted by Crippen LogP contribution is 2.29. The monoisotopic (exact) mass is 563 g/mol. The first-order chi connectivity index (χ1) is 19.0. The molecule has 11 heteroatoms. The topological polar surface area (TPSA) is 154 Å². The number of benzene rings is 1. The molecule has 1 aliphatic carbocycles. The molecular weight excluding hydrogens is 526 g/mol. The van der Waals surface area contributed by atoms with Crippen LogP contribution < -0.4 is 10.5 Å². The van der Waals surface area contributed by atoms with Crippen molar-refractivity contribution in [1.82, 2.24) is 14.3 Å². The van der Waals surface area contributed by atoms with Crippen molar-refractivity contribution >= 4 is 45.5 Å². The van der Waals surface area contributed by atoms with E-state index in [-0.39, 0.29) is 22.6 Å². The Balaban J connectivity index is 1.45. The maximum atomic E-state index is 12.9. The molecule has 1 aromatic carbocycles. The van der Waals surface area contributed by atoms with Crippen molar-refractivity contribution in [3.8, 4) is 5.75 Å². The van der Waals surface area contributed by atoms with Crippen LogP contribution in [0, 0.1) is 22.1 Å². The van der Waals surface area contributed by atoms with Crippen molar-refractivity contribution < 1.29 is 14.3 Å². The fourth-order valence-electron chi connectivity index (χ4n) is 4.50. The number of nitrogen functional groups attached to an aromatic ring is 1. The molecule has 40 heavy (non-hydrogen) atoms. The van der Waals surface area contributed by atoms with E-state index < -0.39 is 5.60 Å². The van der Waals surface area contributed by atoms with Crippen molar-refractivity contribution in [3.63, 3.8) is 0 Å². The lowest BCUT2D eigenvalue weighted by Gasteiger charge is -2.33. The van der Waals surface area contributed by atoms with Gasteiger partial charge in [0.1, 0.15) is 22.0 Å². The van der Waals surface area contributed by atoms with Gasteiger partial charge in [-0.25, -0.2) is 9.78 Å². The Bertz CT molecular complexity index is 1440. The molecule has 10 nitrogen and oxygen atoms in total. The molecule has 5 N–H and O–H groups in total. The van der Waals surface area contributed by atoms with Gasteiger partial charge in [0.05, 0.1) is 24.4 Å². The fourth-order valence-corrected chi connectivity index (χ4v) is 5.25. The maximum absolute atomic E-state index is 12.9. The first kappa shape index (κ1) is 29.1. The Kier molecular flexibility index (Phi) is 8.82. The minimum Gasteiger partial charge on any atom is -0.497 e. The van der Waals surface area contributed by atoms with Gasteiger partial charge in [-0.2, -0.15) is 0 Å². The van der Waals surface area contributed by atoms with Crippen LogP contribution >= 0.6 is 11.8 Å². The maximum Gasteiger partial charge on any atom is 0.410 e. The van der Waals surface area contributed by atoms with Crippen molar-refractivity contribution in [2.75, 3.05) is 19.4 Å². The minimum atomic E-state index is -0.558. The van der Waals surface area contributed by atoms with Crippen molar-refractivity contribution in [3.05, 3.63) is 59.0 Å². The molecule has 212 valence electrons. The molecular formula is C29H37N7O3S. The van der Waals surface area contributed by atoms with E-state index in [2.05, 4.69) is 4.98 Å². The lowest BCUT2D eigenvalue weighted by molar-refractivity contribution is 0.0173. The number of pyridine rings is 1. The van der Waals surface area contributed by atoms with Gasteiger partial charge in [-0.1, -0.05) is 24.2 Å². The minimum absolute atomic E-state index is 0.105. The molecule has 0 saturated heterocycles. The molecule has 0 unspecified atom stereocenters. The van der Waals surface area contributed by atoms with E-state index in [1.807, 2.05) is 49.7 Å². The van der Waals surface area contributed by atoms with Crippen LogP contribution in [0.3, 0.4) is 0 Å². The summed E-state index contributed by atoms with van der Waals surface area (Å²) in [5.41, 5.74) is 9.07. The summed E-state index contributed by atoms with van der Waals surface area (Å²) < 4.78 is 12.8. The van der Waals surface area contributed by atoms with E-state index in [0.717, 1.165) is 42.0 Å². The average molecular weight is 564 g/mol. The third-order valence-electron chi connectivity index (χ3n) is 6.67. The summed E-state index contributed by atoms with van der Waals surface area (Å²) in [6, 6.07) is 7.13. The predicted octanol–water partition coefficient (Wildman–Crippen LogP) is 5.74. The highest BCUT2D eigenvalue weighted by molar-refractivity contribution is 8.26. The second-order valence-corrected chi connectivity index (χ2v) is 12.2. The highest BCUT2D eigenvalue weighted by Gasteiger charge is 2.27. The standard InChI is InChI=1S/C29H37N7O3S/c1-29(2,3)39-28(37)36(14-18-6-5-7-18)16-19-8-9-26-34-20(17-35(26)15-19)10-25(32)40-27(33)22-11-21(38-4)12-24(31)23(22)13-30/h8-9,11-13,15,17-18,30,32-33H,5-7,10,14,16,31H2,1-4H3. The zero-order chi connectivity index (χ0) is 29.0. The van der Waals surface area contributed by atoms with Gasteiger partial charge in [-0.05, 0) is 57.2 Å². The smallest absolute Gasteiger partial charge is 0.410 e. The largest absolute Gasteiger partial charge is 0.497 e. The number of fused-ring (bicyclic) bond motifs is 1. The summed E-state index contributed by atoms with van der Waals surface area (Å²) in [5.74, 6) is 1.01. The van der Waals surface area contributed by atoms with Gasteiger partial charge < -0.3 is 29.9 Å². The van der Waals surface area contributed by atoms with Gasteiger partial charge >= 0.3 is 6.09 Å². The molecule has 0 atom stereocenters. The summed E-state index contributed by atoms with van der Waals surface area (Å²) in [5, 5.41) is 25.1. The summed E-state index contributed by atoms with van der Waals surface area (Å²) in [6.45, 7) is 6.75. The normalized spacial score (nSPS) is 13.5. The Morgan fingerprint density at radius 2 is 2.00 bits per heavy atom. The van der Waals surface area contributed by atoms with Crippen LogP contribution in [0.2, 0.25) is 0 Å². The number of amides is 1. The number of carbonyl (C=O) groups excluding carboxylic acids is 1. The van der Waals surface area contributed by atoms with E-state index in [4.69, 9.17) is 31.4 Å². The van der Waals surface area contributed by atoms with E-state index in [1.54, 1.807) is 17.0 Å². The van der Waals surface area contributed by atoms with Crippen LogP contribution in [0.5, 0.6) is 5.75 Å². The summed E-state index contributed by atoms with van der Waals surface area (Å²) in [6.07, 6.45) is 8.36. The van der Waals surface area contributed by atoms with Gasteiger partial charge in [0.2, 0.25) is 0 Å². The molecule has 1 fully saturated rings. The van der Waals surface area contributed by atoms with Crippen LogP contribution in [0.15, 0.2) is 36.7 Å². The first-order valence-corrected chi connectivity index (χ1v) is 14.0. The van der Waals surface area contributed by atoms with Crippen LogP contribution in [0.4, 0.5) is 10.5 Å². The van der Waals surface area contributed by atoms with Crippen LogP contribution in [-0.2, 0) is 17.7 Å². The Morgan fingerprint density at radius 1 is 1.25 bits per heavy atom. The zero-order valence-electron chi connectivity index (χ0n) is 23.4. The van der Waals surface area contributed by atoms with Crippen molar-refractivity contribution in [2.45, 2.75) is 58.6 Å². The number of nitrogens with two attached hydrogens (primary N) is 1. The van der Waals surface area contributed by atoms with Crippen LogP contribution in [0.1, 0.15) is 62.4 Å². The molecule has 0 radical (unpaired) electrons. The second kappa shape index (κ2) is 12.1. The number of thioether (sulfide) groups is 1. The summed E-state index contributed by atoms with van der Waals surface area (Å²) >= 11 is 0.992. The molecule has 1 aliphatic rings. The number of methoxy groups -OCH3 is 1. The molecule has 0 aliphatic heterocycles. The number of rotatable bonds is 9. The van der Waals surface area contributed by atoms with E-state index >= 15 is 0 Å². The number of aromatic nitrogens is 2. The molecule has 2 heterocycles. The van der Waals surface area contributed by atoms with Gasteiger partial charge in [0, 0.05) is 54.5 Å². The lowest BCUT2D eigenvalue weighted by atomic mass is 9.85. The number of hydrogen-bond donors (Lipinski definition) is 4. The highest BCUT2D eigenvalue weighted by atomic mass is 32.2. The van der Waals surface area contributed by atoms with Crippen LogP contribution in [0.25, 0.3) is 5.65 Å². The molecule has 3 aromatic rings. The number of carbonyl (C=O) groups is 1. The third kappa shape index (κ3) is 7.20. The summed E-state index contributed by atoms with van der Waals surface area (Å²) in [7, 11) is 1.51. The van der Waals surface area contributed by atoms with Gasteiger partial charge in [0.15, 0.2) is 0 Å². The van der Waals surface area contributed by atoms with Gasteiger partial charge in [-0.15, -0.1) is 0 Å². The number of imidazole rings is 1. The van der Waals surface area contributed by atoms with E-state index in [0.29, 0.717) is 47.3 Å². The molecule has 2 aromatic heterocycles. The van der Waals surface area contributed by atoms with E-state index in [1.165, 1.54) is 13.5 Å². The number of anilines is 1. The number of hydrogen-bond acceptors (Lipinski definition) is 9. The Hall–Kier alpha value is -3.86. The van der Waals surface area contributed by atoms with E-state index in [9.17, 15) is 4.79 Å². The quantitative estimate of drug-likeness (QED) is 0.148. The molecule has 1 saturated carbocycles. The van der Waals surface area contributed by atoms with Gasteiger partial charge in [-0.3, -0.25) is 10.8 Å². The van der Waals surface area contributed by atoms with Crippen LogP contribution in [-0.4, -0.2) is 55.9 Å².